The molecule has 0 aliphatic carbocycles. The SMILES string of the molecule is O=[N+]([O-])c1cccc(Cl)c1CNc1c(F)cccc1Br. The molecule has 2 aromatic rings. The van der Waals surface area contributed by atoms with Crippen molar-refractivity contribution in [3.63, 3.8) is 0 Å². The Hall–Kier alpha value is -1.66. The van der Waals surface area contributed by atoms with Gasteiger partial charge in [0, 0.05) is 17.1 Å². The number of halogens is 3. The van der Waals surface area contributed by atoms with Gasteiger partial charge in [0.05, 0.1) is 21.2 Å². The fourth-order valence-electron chi connectivity index (χ4n) is 1.74. The van der Waals surface area contributed by atoms with E-state index in [0.717, 1.165) is 0 Å². The van der Waals surface area contributed by atoms with Crippen LogP contribution < -0.4 is 5.32 Å². The number of rotatable bonds is 4. The lowest BCUT2D eigenvalue weighted by atomic mass is 10.1. The van der Waals surface area contributed by atoms with Crippen LogP contribution in [0.2, 0.25) is 5.02 Å². The molecule has 0 aromatic heterocycles. The lowest BCUT2D eigenvalue weighted by Crippen LogP contribution is -2.05. The highest BCUT2D eigenvalue weighted by molar-refractivity contribution is 9.10. The maximum absolute atomic E-state index is 13.7. The second kappa shape index (κ2) is 6.19. The fraction of sp³-hybridized carbons (Fsp3) is 0.0769. The van der Waals surface area contributed by atoms with E-state index in [4.69, 9.17) is 11.6 Å². The van der Waals surface area contributed by atoms with Gasteiger partial charge in [-0.3, -0.25) is 10.1 Å². The number of benzene rings is 2. The Labute approximate surface area is 127 Å². The molecule has 0 atom stereocenters. The van der Waals surface area contributed by atoms with E-state index < -0.39 is 10.7 Å². The lowest BCUT2D eigenvalue weighted by Gasteiger charge is -2.11. The second-order valence-corrected chi connectivity index (χ2v) is 5.21. The lowest BCUT2D eigenvalue weighted by molar-refractivity contribution is -0.385. The van der Waals surface area contributed by atoms with Crippen molar-refractivity contribution in [3.05, 3.63) is 67.4 Å². The van der Waals surface area contributed by atoms with E-state index >= 15 is 0 Å². The number of hydrogen-bond donors (Lipinski definition) is 1. The number of anilines is 1. The largest absolute Gasteiger partial charge is 0.377 e. The molecule has 7 heteroatoms. The molecule has 0 fully saturated rings. The highest BCUT2D eigenvalue weighted by Crippen LogP contribution is 2.30. The summed E-state index contributed by atoms with van der Waals surface area (Å²) in [7, 11) is 0. The summed E-state index contributed by atoms with van der Waals surface area (Å²) in [5, 5.41) is 14.0. The number of nitrogens with zero attached hydrogens (tertiary/aromatic N) is 1. The fourth-order valence-corrected chi connectivity index (χ4v) is 2.46. The minimum atomic E-state index is -0.515. The quantitative estimate of drug-likeness (QED) is 0.632. The Balaban J connectivity index is 2.30. The Bertz CT molecular complexity index is 647. The van der Waals surface area contributed by atoms with E-state index in [0.29, 0.717) is 10.0 Å². The van der Waals surface area contributed by atoms with Gasteiger partial charge in [0.1, 0.15) is 5.82 Å². The van der Waals surface area contributed by atoms with Crippen molar-refractivity contribution < 1.29 is 9.31 Å². The molecule has 0 radical (unpaired) electrons. The molecule has 0 aliphatic heterocycles. The average molecular weight is 360 g/mol. The zero-order valence-corrected chi connectivity index (χ0v) is 12.4. The monoisotopic (exact) mass is 358 g/mol. The summed E-state index contributed by atoms with van der Waals surface area (Å²) in [4.78, 5) is 10.4. The van der Waals surface area contributed by atoms with Crippen LogP contribution in [0.3, 0.4) is 0 Å². The molecule has 4 nitrogen and oxygen atoms in total. The van der Waals surface area contributed by atoms with Crippen molar-refractivity contribution in [2.75, 3.05) is 5.32 Å². The first-order valence-electron chi connectivity index (χ1n) is 5.60. The predicted octanol–water partition coefficient (Wildman–Crippen LogP) is 4.76. The number of nitro benzene ring substituents is 1. The van der Waals surface area contributed by atoms with Crippen LogP contribution in [0.15, 0.2) is 40.9 Å². The number of nitrogens with one attached hydrogen (secondary N) is 1. The molecular formula is C13H9BrClFN2O2. The summed E-state index contributed by atoms with van der Waals surface area (Å²) < 4.78 is 14.2. The molecule has 20 heavy (non-hydrogen) atoms. The summed E-state index contributed by atoms with van der Waals surface area (Å²) in [6, 6.07) is 8.95. The van der Waals surface area contributed by atoms with Crippen molar-refractivity contribution in [3.8, 4) is 0 Å². The van der Waals surface area contributed by atoms with Gasteiger partial charge in [-0.1, -0.05) is 23.7 Å². The topological polar surface area (TPSA) is 55.2 Å². The van der Waals surface area contributed by atoms with Gasteiger partial charge in [-0.25, -0.2) is 4.39 Å². The Morgan fingerprint density at radius 3 is 2.65 bits per heavy atom. The van der Waals surface area contributed by atoms with E-state index in [1.54, 1.807) is 18.2 Å². The first-order chi connectivity index (χ1) is 9.50. The standard InChI is InChI=1S/C13H9BrClFN2O2/c14-9-3-1-5-11(16)13(9)17-7-8-10(15)4-2-6-12(8)18(19)20/h1-6,17H,7H2. The van der Waals surface area contributed by atoms with Crippen LogP contribution in [-0.4, -0.2) is 4.92 Å². The third kappa shape index (κ3) is 3.08. The number of nitro groups is 1. The van der Waals surface area contributed by atoms with E-state index in [1.165, 1.54) is 18.2 Å². The molecule has 0 amide bonds. The van der Waals surface area contributed by atoms with Crippen molar-refractivity contribution >= 4 is 38.9 Å². The minimum Gasteiger partial charge on any atom is -0.377 e. The summed E-state index contributed by atoms with van der Waals surface area (Å²) in [5.74, 6) is -0.450. The Kier molecular flexibility index (Phi) is 4.57. The summed E-state index contributed by atoms with van der Waals surface area (Å²) in [6.45, 7) is 0.0511. The van der Waals surface area contributed by atoms with Gasteiger partial charge in [-0.05, 0) is 34.1 Å². The summed E-state index contributed by atoms with van der Waals surface area (Å²) in [6.07, 6.45) is 0. The van der Waals surface area contributed by atoms with E-state index in [2.05, 4.69) is 21.2 Å². The molecule has 2 rings (SSSR count). The molecule has 1 N–H and O–H groups in total. The molecule has 2 aromatic carbocycles. The van der Waals surface area contributed by atoms with Crippen molar-refractivity contribution in [2.45, 2.75) is 6.54 Å². The maximum atomic E-state index is 13.7. The van der Waals surface area contributed by atoms with Crippen LogP contribution in [0.5, 0.6) is 0 Å². The van der Waals surface area contributed by atoms with E-state index in [9.17, 15) is 14.5 Å². The molecule has 0 unspecified atom stereocenters. The third-order valence-electron chi connectivity index (χ3n) is 2.70. The van der Waals surface area contributed by atoms with Crippen molar-refractivity contribution in [1.29, 1.82) is 0 Å². The molecular weight excluding hydrogens is 351 g/mol. The molecule has 0 aliphatic rings. The van der Waals surface area contributed by atoms with Crippen molar-refractivity contribution in [1.82, 2.24) is 0 Å². The molecule has 0 saturated carbocycles. The average Bonchev–Trinajstić information content (AvgIpc) is 2.39. The number of para-hydroxylation sites is 1. The highest BCUT2D eigenvalue weighted by atomic mass is 79.9. The molecule has 0 spiro atoms. The second-order valence-electron chi connectivity index (χ2n) is 3.94. The van der Waals surface area contributed by atoms with Crippen molar-refractivity contribution in [2.24, 2.45) is 0 Å². The van der Waals surface area contributed by atoms with Gasteiger partial charge < -0.3 is 5.32 Å². The highest BCUT2D eigenvalue weighted by Gasteiger charge is 2.17. The molecule has 0 saturated heterocycles. The normalized spacial score (nSPS) is 10.3. The van der Waals surface area contributed by atoms with Gasteiger partial charge in [0.2, 0.25) is 0 Å². The first kappa shape index (κ1) is 14.7. The smallest absolute Gasteiger partial charge is 0.275 e. The molecule has 0 bridgehead atoms. The van der Waals surface area contributed by atoms with Gasteiger partial charge >= 0.3 is 0 Å². The third-order valence-corrected chi connectivity index (χ3v) is 3.71. The van der Waals surface area contributed by atoms with Crippen LogP contribution >= 0.6 is 27.5 Å². The van der Waals surface area contributed by atoms with Crippen LogP contribution in [0.1, 0.15) is 5.56 Å². The first-order valence-corrected chi connectivity index (χ1v) is 6.77. The number of hydrogen-bond acceptors (Lipinski definition) is 3. The van der Waals surface area contributed by atoms with Gasteiger partial charge in [0.15, 0.2) is 0 Å². The Morgan fingerprint density at radius 2 is 2.00 bits per heavy atom. The van der Waals surface area contributed by atoms with Crippen LogP contribution in [0.4, 0.5) is 15.8 Å². The van der Waals surface area contributed by atoms with Gasteiger partial charge in [0.25, 0.3) is 5.69 Å². The van der Waals surface area contributed by atoms with E-state index in [1.807, 2.05) is 0 Å². The zero-order valence-electron chi connectivity index (χ0n) is 10.1. The zero-order chi connectivity index (χ0) is 14.7. The van der Waals surface area contributed by atoms with E-state index in [-0.39, 0.29) is 22.9 Å². The predicted molar refractivity (Wildman–Crippen MR) is 79.5 cm³/mol. The van der Waals surface area contributed by atoms with Gasteiger partial charge in [-0.2, -0.15) is 0 Å². The molecule has 104 valence electrons. The maximum Gasteiger partial charge on any atom is 0.275 e. The van der Waals surface area contributed by atoms with Crippen LogP contribution in [-0.2, 0) is 6.54 Å². The molecule has 0 heterocycles. The van der Waals surface area contributed by atoms with Crippen LogP contribution in [0.25, 0.3) is 0 Å². The summed E-state index contributed by atoms with van der Waals surface area (Å²) >= 11 is 9.19. The summed E-state index contributed by atoms with van der Waals surface area (Å²) in [5.41, 5.74) is 0.452. The van der Waals surface area contributed by atoms with Crippen LogP contribution in [0, 0.1) is 15.9 Å². The van der Waals surface area contributed by atoms with Gasteiger partial charge in [-0.15, -0.1) is 0 Å². The minimum absolute atomic E-state index is 0.0511. The Morgan fingerprint density at radius 1 is 1.30 bits per heavy atom.